The molecule has 0 spiro atoms. The van der Waals surface area contributed by atoms with Crippen LogP contribution in [0.1, 0.15) is 113 Å². The van der Waals surface area contributed by atoms with Crippen LogP contribution in [0.5, 0.6) is 0 Å². The number of nitrogens with zero attached hydrogens (tertiary/aromatic N) is 2. The van der Waals surface area contributed by atoms with Crippen molar-refractivity contribution in [1.29, 1.82) is 0 Å². The molecule has 5 saturated heterocycles. The summed E-state index contributed by atoms with van der Waals surface area (Å²) in [7, 11) is 3.08. The molecule has 1 unspecified atom stereocenters. The number of carbonyl (C=O) groups is 3. The van der Waals surface area contributed by atoms with Crippen molar-refractivity contribution in [3.63, 3.8) is 0 Å². The fourth-order valence-corrected chi connectivity index (χ4v) is 12.0. The number of hydrogen-bond donors (Lipinski definition) is 2. The van der Waals surface area contributed by atoms with Crippen LogP contribution in [0.2, 0.25) is 10.0 Å². The molecule has 0 aromatic heterocycles. The summed E-state index contributed by atoms with van der Waals surface area (Å²) in [5.41, 5.74) is -2.93. The highest BCUT2D eigenvalue weighted by molar-refractivity contribution is 6.42. The van der Waals surface area contributed by atoms with Crippen molar-refractivity contribution in [1.82, 2.24) is 9.80 Å². The summed E-state index contributed by atoms with van der Waals surface area (Å²) in [6, 6.07) is 4.22. The van der Waals surface area contributed by atoms with Crippen molar-refractivity contribution < 1.29 is 62.5 Å². The monoisotopic (exact) mass is 970 g/mol. The van der Waals surface area contributed by atoms with Crippen LogP contribution in [-0.4, -0.2) is 156 Å². The maximum absolute atomic E-state index is 15.1. The molecule has 374 valence electrons. The average molecular weight is 972 g/mol. The zero-order valence-electron chi connectivity index (χ0n) is 41.0. The Labute approximate surface area is 401 Å². The molecule has 1 amide bonds. The first-order valence-corrected chi connectivity index (χ1v) is 24.8. The van der Waals surface area contributed by atoms with E-state index in [4.69, 9.17) is 61.1 Å². The molecule has 17 heteroatoms. The van der Waals surface area contributed by atoms with Crippen LogP contribution in [0, 0.1) is 23.7 Å². The van der Waals surface area contributed by atoms with E-state index in [0.29, 0.717) is 22.9 Å². The molecule has 5 fully saturated rings. The van der Waals surface area contributed by atoms with Gasteiger partial charge in [-0.25, -0.2) is 4.79 Å². The number of aliphatic hydroxyl groups is 2. The van der Waals surface area contributed by atoms with Crippen molar-refractivity contribution in [3.05, 3.63) is 33.8 Å². The standard InChI is InChI=1S/C49H76Cl2N2O13/c1-13-36-49(10)41(53(46(58)66-49)21-18-32-16-17-33(50)34(51)23-32)28(4)38(54)26(2)24-48(9,60-12)43(65-45-39(55)35(22-27(3)61-45)52-19-14-15-20-52)29(5)40(30(6)44(57)63-36)64-37-25-47(8,59-11)42(56)31(7)62-37/h16-17,23,26-31,35-37,39-43,45,55-56H,13-15,18-22,24-25H2,1-12H3/t26-,27-,28?,29+,30-,31+,35+,36-,37+,39-,40+,41-,42+,43-,45+,47-,48-,49+/m1/s1. The van der Waals surface area contributed by atoms with Crippen LogP contribution in [0.15, 0.2) is 18.2 Å². The normalized spacial score (nSPS) is 43.3. The molecule has 1 aromatic carbocycles. The minimum absolute atomic E-state index is 0.126. The zero-order valence-corrected chi connectivity index (χ0v) is 42.5. The summed E-state index contributed by atoms with van der Waals surface area (Å²) in [4.78, 5) is 48.0. The van der Waals surface area contributed by atoms with Gasteiger partial charge >= 0.3 is 12.1 Å². The molecule has 18 atom stereocenters. The Kier molecular flexibility index (Phi) is 17.3. The highest BCUT2D eigenvalue weighted by Gasteiger charge is 2.61. The van der Waals surface area contributed by atoms with Crippen molar-refractivity contribution >= 4 is 41.0 Å². The largest absolute Gasteiger partial charge is 0.458 e. The van der Waals surface area contributed by atoms with Crippen LogP contribution < -0.4 is 0 Å². The second-order valence-corrected chi connectivity index (χ2v) is 21.2. The van der Waals surface area contributed by atoms with Gasteiger partial charge in [0, 0.05) is 51.0 Å². The molecule has 0 saturated carbocycles. The lowest BCUT2D eigenvalue weighted by atomic mass is 9.73. The average Bonchev–Trinajstić information content (AvgIpc) is 3.91. The Morgan fingerprint density at radius 2 is 1.53 bits per heavy atom. The highest BCUT2D eigenvalue weighted by Crippen LogP contribution is 2.45. The number of aliphatic hydroxyl groups excluding tert-OH is 2. The molecule has 0 aliphatic carbocycles. The van der Waals surface area contributed by atoms with Gasteiger partial charge in [-0.1, -0.05) is 57.0 Å². The quantitative estimate of drug-likeness (QED) is 0.218. The number of likely N-dealkylation sites (tertiary alicyclic amines) is 1. The minimum atomic E-state index is -1.45. The van der Waals surface area contributed by atoms with Gasteiger partial charge in [-0.05, 0) is 111 Å². The first-order valence-electron chi connectivity index (χ1n) is 24.0. The van der Waals surface area contributed by atoms with Crippen LogP contribution in [-0.2, 0) is 53.9 Å². The molecular formula is C49H76Cl2N2O13. The van der Waals surface area contributed by atoms with Crippen molar-refractivity contribution in [2.45, 2.75) is 198 Å². The van der Waals surface area contributed by atoms with Crippen LogP contribution in [0.25, 0.3) is 0 Å². The number of halogens is 2. The van der Waals surface area contributed by atoms with Gasteiger partial charge in [-0.15, -0.1) is 0 Å². The minimum Gasteiger partial charge on any atom is -0.458 e. The Balaban J connectivity index is 1.44. The number of ketones is 1. The van der Waals surface area contributed by atoms with Gasteiger partial charge < -0.3 is 48.1 Å². The number of hydrogen-bond acceptors (Lipinski definition) is 14. The maximum Gasteiger partial charge on any atom is 0.410 e. The molecule has 5 aliphatic rings. The maximum atomic E-state index is 15.1. The number of cyclic esters (lactones) is 1. The van der Waals surface area contributed by atoms with Crippen molar-refractivity contribution in [3.8, 4) is 0 Å². The second-order valence-electron chi connectivity index (χ2n) is 20.4. The topological polar surface area (TPSA) is 172 Å². The Hall–Kier alpha value is -2.15. The zero-order chi connectivity index (χ0) is 48.6. The molecule has 5 aliphatic heterocycles. The number of amides is 1. The van der Waals surface area contributed by atoms with Crippen LogP contribution in [0.4, 0.5) is 4.79 Å². The molecular weight excluding hydrogens is 895 g/mol. The smallest absolute Gasteiger partial charge is 0.410 e. The number of benzene rings is 1. The van der Waals surface area contributed by atoms with E-state index in [2.05, 4.69) is 4.90 Å². The van der Waals surface area contributed by atoms with Crippen molar-refractivity contribution in [2.75, 3.05) is 33.9 Å². The van der Waals surface area contributed by atoms with E-state index < -0.39 is 108 Å². The van der Waals surface area contributed by atoms with E-state index in [0.717, 1.165) is 31.5 Å². The Bertz CT molecular complexity index is 1860. The SMILES string of the molecule is CC[C@H]1OC(=O)[C@H](C)[C@@H](O[C@H]2C[C@@](C)(OC)[C@@H](O)[C@H](C)O2)[C@H](C)[C@@H](O[C@@H]2O[C@H](C)C[C@H](N3CCCC3)[C@H]2O)[C@](C)(OC)C[C@@H](C)C(=O)C(C)[C@H]2N(CCc3ccc(Cl)c(Cl)c3)C(=O)O[C@@]12C. The summed E-state index contributed by atoms with van der Waals surface area (Å²) in [5.74, 6) is -3.98. The molecule has 1 aromatic rings. The lowest BCUT2D eigenvalue weighted by molar-refractivity contribution is -0.319. The number of carbonyl (C=O) groups excluding carboxylic acids is 3. The molecule has 0 radical (unpaired) electrons. The predicted octanol–water partition coefficient (Wildman–Crippen LogP) is 6.99. The van der Waals surface area contributed by atoms with Gasteiger partial charge in [-0.2, -0.15) is 0 Å². The number of fused-ring (bicyclic) bond motifs is 1. The summed E-state index contributed by atoms with van der Waals surface area (Å²) in [6.45, 7) is 20.1. The van der Waals surface area contributed by atoms with E-state index in [-0.39, 0.29) is 43.7 Å². The van der Waals surface area contributed by atoms with E-state index in [1.54, 1.807) is 58.8 Å². The van der Waals surface area contributed by atoms with E-state index in [1.807, 2.05) is 40.7 Å². The van der Waals surface area contributed by atoms with Gasteiger partial charge in [0.1, 0.15) is 24.1 Å². The molecule has 2 N–H and O–H groups in total. The Morgan fingerprint density at radius 1 is 0.864 bits per heavy atom. The number of ether oxygens (including phenoxy) is 8. The van der Waals surface area contributed by atoms with Gasteiger partial charge in [0.2, 0.25) is 0 Å². The number of esters is 1. The molecule has 15 nitrogen and oxygen atoms in total. The van der Waals surface area contributed by atoms with Gasteiger partial charge in [0.15, 0.2) is 18.2 Å². The van der Waals surface area contributed by atoms with Gasteiger partial charge in [-0.3, -0.25) is 19.4 Å². The fraction of sp³-hybridized carbons (Fsp3) is 0.816. The van der Waals surface area contributed by atoms with Gasteiger partial charge in [0.25, 0.3) is 0 Å². The molecule has 0 bridgehead atoms. The highest BCUT2D eigenvalue weighted by atomic mass is 35.5. The third-order valence-electron chi connectivity index (χ3n) is 15.7. The van der Waals surface area contributed by atoms with E-state index in [1.165, 1.54) is 7.11 Å². The second kappa shape index (κ2) is 21.5. The number of Topliss-reactive ketones (excluding diaryl/α,β-unsaturated/α-hetero) is 1. The fourth-order valence-electron chi connectivity index (χ4n) is 11.7. The predicted molar refractivity (Wildman–Crippen MR) is 247 cm³/mol. The van der Waals surface area contributed by atoms with E-state index >= 15 is 4.79 Å². The summed E-state index contributed by atoms with van der Waals surface area (Å²) >= 11 is 12.6. The molecule has 6 rings (SSSR count). The van der Waals surface area contributed by atoms with Crippen molar-refractivity contribution in [2.24, 2.45) is 23.7 Å². The molecule has 66 heavy (non-hydrogen) atoms. The lowest BCUT2D eigenvalue weighted by Crippen LogP contribution is -2.62. The number of methoxy groups -OCH3 is 2. The lowest BCUT2D eigenvalue weighted by Gasteiger charge is -2.50. The third kappa shape index (κ3) is 10.8. The van der Waals surface area contributed by atoms with E-state index in [9.17, 15) is 19.8 Å². The molecule has 5 heterocycles. The summed E-state index contributed by atoms with van der Waals surface area (Å²) in [5, 5.41) is 24.0. The summed E-state index contributed by atoms with van der Waals surface area (Å²) < 4.78 is 51.8. The first kappa shape index (κ1) is 53.2. The first-order chi connectivity index (χ1) is 31.0. The van der Waals surface area contributed by atoms with Crippen LogP contribution >= 0.6 is 23.2 Å². The van der Waals surface area contributed by atoms with Gasteiger partial charge in [0.05, 0.1) is 57.6 Å². The van der Waals surface area contributed by atoms with Crippen LogP contribution in [0.3, 0.4) is 0 Å². The Morgan fingerprint density at radius 3 is 2.15 bits per heavy atom. The number of rotatable bonds is 11. The summed E-state index contributed by atoms with van der Waals surface area (Å²) in [6.07, 6.45) is -4.96. The third-order valence-corrected chi connectivity index (χ3v) is 16.4.